The van der Waals surface area contributed by atoms with Crippen LogP contribution in [0.5, 0.6) is 0 Å². The van der Waals surface area contributed by atoms with Crippen molar-refractivity contribution in [3.05, 3.63) is 46.1 Å². The van der Waals surface area contributed by atoms with Crippen LogP contribution < -0.4 is 5.32 Å². The predicted molar refractivity (Wildman–Crippen MR) is 73.6 cm³/mol. The summed E-state index contributed by atoms with van der Waals surface area (Å²) >= 11 is 7.53. The average Bonchev–Trinajstić information content (AvgIpc) is 3.09. The fourth-order valence-electron chi connectivity index (χ4n) is 1.48. The molecular weight excluding hydrogens is 284 g/mol. The Bertz CT molecular complexity index is 652. The highest BCUT2D eigenvalue weighted by Gasteiger charge is 2.06. The number of aromatic nitrogens is 5. The molecule has 3 aromatic rings. The molecule has 0 aromatic carbocycles. The van der Waals surface area contributed by atoms with Gasteiger partial charge in [0.2, 0.25) is 11.2 Å². The van der Waals surface area contributed by atoms with E-state index >= 15 is 0 Å². The second-order valence-corrected chi connectivity index (χ2v) is 4.78. The number of halogens is 1. The van der Waals surface area contributed by atoms with Crippen molar-refractivity contribution in [3.8, 4) is 5.95 Å². The van der Waals surface area contributed by atoms with Gasteiger partial charge in [-0.2, -0.15) is 31.4 Å². The van der Waals surface area contributed by atoms with Crippen molar-refractivity contribution in [1.29, 1.82) is 0 Å². The standard InChI is InChI=1S/C11H9ClN6S/c12-9-15-10(13-6-8-2-5-19-7-8)17-11(16-9)18-4-1-3-14-18/h1-5,7H,6H2,(H,13,15,16,17). The Morgan fingerprint density at radius 3 is 3.00 bits per heavy atom. The molecule has 3 aromatic heterocycles. The first kappa shape index (κ1) is 12.1. The molecule has 0 bridgehead atoms. The maximum atomic E-state index is 5.89. The van der Waals surface area contributed by atoms with Crippen LogP contribution in [-0.4, -0.2) is 24.7 Å². The minimum Gasteiger partial charge on any atom is -0.350 e. The van der Waals surface area contributed by atoms with Gasteiger partial charge in [-0.1, -0.05) is 0 Å². The van der Waals surface area contributed by atoms with Crippen LogP contribution in [0, 0.1) is 0 Å². The Morgan fingerprint density at radius 2 is 2.26 bits per heavy atom. The Hall–Kier alpha value is -1.99. The minimum atomic E-state index is 0.133. The molecule has 0 saturated carbocycles. The monoisotopic (exact) mass is 292 g/mol. The third-order valence-electron chi connectivity index (χ3n) is 2.34. The lowest BCUT2D eigenvalue weighted by atomic mass is 10.3. The van der Waals surface area contributed by atoms with Crippen LogP contribution in [0.4, 0.5) is 5.95 Å². The lowest BCUT2D eigenvalue weighted by Crippen LogP contribution is -2.09. The van der Waals surface area contributed by atoms with Gasteiger partial charge < -0.3 is 5.32 Å². The van der Waals surface area contributed by atoms with Crippen molar-refractivity contribution < 1.29 is 0 Å². The lowest BCUT2D eigenvalue weighted by Gasteiger charge is -2.05. The summed E-state index contributed by atoms with van der Waals surface area (Å²) in [4.78, 5) is 12.3. The molecule has 0 amide bonds. The number of nitrogens with zero attached hydrogens (tertiary/aromatic N) is 5. The van der Waals surface area contributed by atoms with E-state index in [9.17, 15) is 0 Å². The molecule has 0 spiro atoms. The molecule has 6 nitrogen and oxygen atoms in total. The summed E-state index contributed by atoms with van der Waals surface area (Å²) < 4.78 is 1.53. The molecule has 0 fully saturated rings. The van der Waals surface area contributed by atoms with E-state index in [-0.39, 0.29) is 5.28 Å². The fourth-order valence-corrected chi connectivity index (χ4v) is 2.31. The van der Waals surface area contributed by atoms with Crippen LogP contribution in [0.15, 0.2) is 35.3 Å². The van der Waals surface area contributed by atoms with Gasteiger partial charge in [-0.15, -0.1) is 0 Å². The first-order valence-corrected chi connectivity index (χ1v) is 6.80. The molecule has 0 aliphatic heterocycles. The van der Waals surface area contributed by atoms with Crippen molar-refractivity contribution in [2.45, 2.75) is 6.54 Å². The van der Waals surface area contributed by atoms with Gasteiger partial charge in [-0.25, -0.2) is 4.68 Å². The minimum absolute atomic E-state index is 0.133. The Labute approximate surface area is 118 Å². The largest absolute Gasteiger partial charge is 0.350 e. The molecule has 0 saturated heterocycles. The second kappa shape index (κ2) is 5.33. The molecule has 0 radical (unpaired) electrons. The van der Waals surface area contributed by atoms with Crippen molar-refractivity contribution >= 4 is 28.9 Å². The Morgan fingerprint density at radius 1 is 1.32 bits per heavy atom. The van der Waals surface area contributed by atoms with E-state index in [2.05, 4.69) is 30.7 Å². The SMILES string of the molecule is Clc1nc(NCc2ccsc2)nc(-n2cccn2)n1. The average molecular weight is 293 g/mol. The molecular formula is C11H9ClN6S. The second-order valence-electron chi connectivity index (χ2n) is 3.66. The third-order valence-corrected chi connectivity index (χ3v) is 3.24. The summed E-state index contributed by atoms with van der Waals surface area (Å²) in [6.07, 6.45) is 3.39. The molecule has 3 heterocycles. The van der Waals surface area contributed by atoms with Crippen LogP contribution >= 0.6 is 22.9 Å². The van der Waals surface area contributed by atoms with Gasteiger partial charge in [0.25, 0.3) is 5.95 Å². The van der Waals surface area contributed by atoms with E-state index in [1.807, 2.05) is 11.4 Å². The third kappa shape index (κ3) is 2.88. The smallest absolute Gasteiger partial charge is 0.256 e. The molecule has 8 heteroatoms. The first-order valence-electron chi connectivity index (χ1n) is 5.48. The molecule has 96 valence electrons. The number of nitrogens with one attached hydrogen (secondary N) is 1. The number of hydrogen-bond acceptors (Lipinski definition) is 6. The van der Waals surface area contributed by atoms with Gasteiger partial charge in [0.15, 0.2) is 0 Å². The van der Waals surface area contributed by atoms with Gasteiger partial charge in [-0.05, 0) is 40.1 Å². The highest BCUT2D eigenvalue weighted by molar-refractivity contribution is 7.07. The quantitative estimate of drug-likeness (QED) is 0.799. The molecule has 1 N–H and O–H groups in total. The summed E-state index contributed by atoms with van der Waals surface area (Å²) in [7, 11) is 0. The highest BCUT2D eigenvalue weighted by atomic mass is 35.5. The van der Waals surface area contributed by atoms with Crippen LogP contribution in [0.25, 0.3) is 5.95 Å². The van der Waals surface area contributed by atoms with Gasteiger partial charge in [0.1, 0.15) is 0 Å². The topological polar surface area (TPSA) is 68.5 Å². The first-order chi connectivity index (χ1) is 9.31. The van der Waals surface area contributed by atoms with Crippen LogP contribution in [0.3, 0.4) is 0 Å². The van der Waals surface area contributed by atoms with Crippen molar-refractivity contribution in [2.24, 2.45) is 0 Å². The molecule has 19 heavy (non-hydrogen) atoms. The van der Waals surface area contributed by atoms with Gasteiger partial charge in [0, 0.05) is 18.9 Å². The van der Waals surface area contributed by atoms with Crippen LogP contribution in [-0.2, 0) is 6.54 Å². The summed E-state index contributed by atoms with van der Waals surface area (Å²) in [5.41, 5.74) is 1.17. The number of rotatable bonds is 4. The van der Waals surface area contributed by atoms with E-state index in [1.165, 1.54) is 10.2 Å². The van der Waals surface area contributed by atoms with Gasteiger partial charge >= 0.3 is 0 Å². The van der Waals surface area contributed by atoms with Crippen molar-refractivity contribution in [1.82, 2.24) is 24.7 Å². The van der Waals surface area contributed by atoms with E-state index < -0.39 is 0 Å². The maximum absolute atomic E-state index is 5.89. The molecule has 0 unspecified atom stereocenters. The lowest BCUT2D eigenvalue weighted by molar-refractivity contribution is 0.795. The maximum Gasteiger partial charge on any atom is 0.256 e. The molecule has 3 rings (SSSR count). The Balaban J connectivity index is 1.82. The van der Waals surface area contributed by atoms with Crippen LogP contribution in [0.2, 0.25) is 5.28 Å². The van der Waals surface area contributed by atoms with Gasteiger partial charge in [-0.3, -0.25) is 0 Å². The molecule has 0 aliphatic rings. The van der Waals surface area contributed by atoms with E-state index in [1.54, 1.807) is 29.8 Å². The summed E-state index contributed by atoms with van der Waals surface area (Å²) in [5.74, 6) is 0.814. The van der Waals surface area contributed by atoms with E-state index in [0.717, 1.165) is 0 Å². The molecule has 0 atom stereocenters. The molecule has 0 aliphatic carbocycles. The van der Waals surface area contributed by atoms with E-state index in [4.69, 9.17) is 11.6 Å². The van der Waals surface area contributed by atoms with Crippen molar-refractivity contribution in [3.63, 3.8) is 0 Å². The summed E-state index contributed by atoms with van der Waals surface area (Å²) in [6, 6.07) is 3.82. The van der Waals surface area contributed by atoms with Crippen LogP contribution in [0.1, 0.15) is 5.56 Å². The Kier molecular flexibility index (Phi) is 3.39. The number of thiophene rings is 1. The van der Waals surface area contributed by atoms with E-state index in [0.29, 0.717) is 18.4 Å². The zero-order valence-electron chi connectivity index (χ0n) is 9.69. The fraction of sp³-hybridized carbons (Fsp3) is 0.0909. The highest BCUT2D eigenvalue weighted by Crippen LogP contribution is 2.11. The zero-order valence-corrected chi connectivity index (χ0v) is 11.3. The zero-order chi connectivity index (χ0) is 13.1. The predicted octanol–water partition coefficient (Wildman–Crippen LogP) is 2.38. The van der Waals surface area contributed by atoms with Crippen molar-refractivity contribution in [2.75, 3.05) is 5.32 Å². The summed E-state index contributed by atoms with van der Waals surface area (Å²) in [6.45, 7) is 0.641. The normalized spacial score (nSPS) is 10.6. The number of hydrogen-bond donors (Lipinski definition) is 1. The number of anilines is 1. The van der Waals surface area contributed by atoms with Gasteiger partial charge in [0.05, 0.1) is 0 Å². The summed E-state index contributed by atoms with van der Waals surface area (Å²) in [5, 5.41) is 11.4.